The van der Waals surface area contributed by atoms with Crippen molar-refractivity contribution >= 4 is 27.9 Å². The summed E-state index contributed by atoms with van der Waals surface area (Å²) in [5.41, 5.74) is 6.90. The lowest BCUT2D eigenvalue weighted by molar-refractivity contribution is 0.188. The molecule has 0 radical (unpaired) electrons. The Morgan fingerprint density at radius 2 is 2.12 bits per heavy atom. The number of primary amides is 1. The summed E-state index contributed by atoms with van der Waals surface area (Å²) in [6.07, 6.45) is 4.15. The summed E-state index contributed by atoms with van der Waals surface area (Å²) in [6, 6.07) is 8.57. The number of carbonyl (C=O) groups is 1. The van der Waals surface area contributed by atoms with Crippen LogP contribution in [0.3, 0.4) is 0 Å². The molecule has 7 heteroatoms. The van der Waals surface area contributed by atoms with Crippen molar-refractivity contribution < 1.29 is 4.79 Å². The maximum Gasteiger partial charge on any atom is 0.314 e. The SMILES string of the molecule is CCNC(=NCC1(c2cccc(Br)c2)CC1)NC1CCN(C(N)=O)CC1. The van der Waals surface area contributed by atoms with Crippen LogP contribution in [-0.2, 0) is 5.41 Å². The number of nitrogens with two attached hydrogens (primary N) is 1. The Balaban J connectivity index is 1.60. The number of rotatable bonds is 5. The lowest BCUT2D eigenvalue weighted by atomic mass is 9.96. The van der Waals surface area contributed by atoms with Crippen molar-refractivity contribution in [3.8, 4) is 0 Å². The molecule has 26 heavy (non-hydrogen) atoms. The van der Waals surface area contributed by atoms with Crippen molar-refractivity contribution in [2.45, 2.75) is 44.1 Å². The van der Waals surface area contributed by atoms with Crippen LogP contribution in [0.25, 0.3) is 0 Å². The van der Waals surface area contributed by atoms with Gasteiger partial charge in [0.25, 0.3) is 0 Å². The highest BCUT2D eigenvalue weighted by Gasteiger charge is 2.44. The first kappa shape index (κ1) is 19.0. The Bertz CT molecular complexity index is 666. The van der Waals surface area contributed by atoms with Gasteiger partial charge in [-0.3, -0.25) is 4.99 Å². The second kappa shape index (κ2) is 8.29. The Morgan fingerprint density at radius 3 is 2.69 bits per heavy atom. The Labute approximate surface area is 163 Å². The number of benzene rings is 1. The third-order valence-corrected chi connectivity index (χ3v) is 5.82. The van der Waals surface area contributed by atoms with Crippen molar-refractivity contribution in [3.05, 3.63) is 34.3 Å². The first-order valence-corrected chi connectivity index (χ1v) is 10.2. The molecular formula is C19H28BrN5O. The number of urea groups is 1. The molecule has 0 spiro atoms. The summed E-state index contributed by atoms with van der Waals surface area (Å²) in [5.74, 6) is 0.867. The summed E-state index contributed by atoms with van der Waals surface area (Å²) in [7, 11) is 0. The fourth-order valence-electron chi connectivity index (χ4n) is 3.50. The van der Waals surface area contributed by atoms with Crippen molar-refractivity contribution in [3.63, 3.8) is 0 Å². The van der Waals surface area contributed by atoms with Crippen LogP contribution in [0, 0.1) is 0 Å². The minimum atomic E-state index is -0.325. The zero-order valence-electron chi connectivity index (χ0n) is 15.3. The van der Waals surface area contributed by atoms with Crippen LogP contribution in [-0.4, -0.2) is 49.1 Å². The number of nitrogens with zero attached hydrogens (tertiary/aromatic N) is 2. The van der Waals surface area contributed by atoms with Gasteiger partial charge in [0.15, 0.2) is 5.96 Å². The molecule has 0 atom stereocenters. The smallest absolute Gasteiger partial charge is 0.314 e. The van der Waals surface area contributed by atoms with Crippen LogP contribution in [0.2, 0.25) is 0 Å². The van der Waals surface area contributed by atoms with Gasteiger partial charge in [-0.2, -0.15) is 0 Å². The highest BCUT2D eigenvalue weighted by molar-refractivity contribution is 9.10. The summed E-state index contributed by atoms with van der Waals surface area (Å²) >= 11 is 3.57. The van der Waals surface area contributed by atoms with Crippen molar-refractivity contribution in [2.75, 3.05) is 26.2 Å². The molecule has 1 saturated heterocycles. The molecule has 1 heterocycles. The number of halogens is 1. The van der Waals surface area contributed by atoms with Crippen molar-refractivity contribution in [1.29, 1.82) is 0 Å². The maximum absolute atomic E-state index is 11.3. The third-order valence-electron chi connectivity index (χ3n) is 5.32. The normalized spacial score (nSPS) is 19.9. The molecule has 0 aromatic heterocycles. The maximum atomic E-state index is 11.3. The molecule has 1 aliphatic carbocycles. The number of carbonyl (C=O) groups excluding carboxylic acids is 1. The zero-order chi connectivity index (χ0) is 18.6. The number of likely N-dealkylation sites (tertiary alicyclic amines) is 1. The van der Waals surface area contributed by atoms with Gasteiger partial charge in [0.2, 0.25) is 0 Å². The van der Waals surface area contributed by atoms with Crippen LogP contribution in [0.15, 0.2) is 33.7 Å². The summed E-state index contributed by atoms with van der Waals surface area (Å²) in [4.78, 5) is 17.8. The summed E-state index contributed by atoms with van der Waals surface area (Å²) in [6.45, 7) is 5.10. The molecule has 0 unspecified atom stereocenters. The zero-order valence-corrected chi connectivity index (χ0v) is 16.9. The fourth-order valence-corrected chi connectivity index (χ4v) is 3.89. The molecular weight excluding hydrogens is 394 g/mol. The second-order valence-corrected chi connectivity index (χ2v) is 8.15. The van der Waals surface area contributed by atoms with E-state index in [2.05, 4.69) is 57.8 Å². The highest BCUT2D eigenvalue weighted by atomic mass is 79.9. The predicted molar refractivity (Wildman–Crippen MR) is 108 cm³/mol. The van der Waals surface area contributed by atoms with Crippen LogP contribution in [0.4, 0.5) is 4.79 Å². The van der Waals surface area contributed by atoms with E-state index in [0.29, 0.717) is 19.1 Å². The predicted octanol–water partition coefficient (Wildman–Crippen LogP) is 2.58. The minimum Gasteiger partial charge on any atom is -0.357 e. The number of aliphatic imine (C=N–C) groups is 1. The van der Waals surface area contributed by atoms with Gasteiger partial charge in [0.05, 0.1) is 6.54 Å². The van der Waals surface area contributed by atoms with Crippen LogP contribution in [0.1, 0.15) is 38.2 Å². The van der Waals surface area contributed by atoms with E-state index in [4.69, 9.17) is 10.7 Å². The van der Waals surface area contributed by atoms with Crippen LogP contribution in [0.5, 0.6) is 0 Å². The van der Waals surface area contributed by atoms with Crippen molar-refractivity contribution in [2.24, 2.45) is 10.7 Å². The van der Waals surface area contributed by atoms with Gasteiger partial charge in [0.1, 0.15) is 0 Å². The first-order valence-electron chi connectivity index (χ1n) is 9.38. The lowest BCUT2D eigenvalue weighted by Gasteiger charge is -2.32. The van der Waals surface area contributed by atoms with E-state index >= 15 is 0 Å². The molecule has 2 aliphatic rings. The Hall–Kier alpha value is -1.76. The van der Waals surface area contributed by atoms with E-state index < -0.39 is 0 Å². The molecule has 0 bridgehead atoms. The van der Waals surface area contributed by atoms with E-state index in [1.807, 2.05) is 0 Å². The fraction of sp³-hybridized carbons (Fsp3) is 0.579. The molecule has 1 aromatic carbocycles. The lowest BCUT2D eigenvalue weighted by Crippen LogP contribution is -2.50. The highest BCUT2D eigenvalue weighted by Crippen LogP contribution is 2.48. The number of amides is 2. The summed E-state index contributed by atoms with van der Waals surface area (Å²) in [5, 5.41) is 6.88. The largest absolute Gasteiger partial charge is 0.357 e. The number of nitrogens with one attached hydrogen (secondary N) is 2. The molecule has 4 N–H and O–H groups in total. The van der Waals surface area contributed by atoms with Gasteiger partial charge in [-0.05, 0) is 50.3 Å². The van der Waals surface area contributed by atoms with Gasteiger partial charge in [-0.1, -0.05) is 28.1 Å². The molecule has 1 aromatic rings. The quantitative estimate of drug-likeness (QED) is 0.504. The van der Waals surface area contributed by atoms with Gasteiger partial charge in [-0.25, -0.2) is 4.79 Å². The van der Waals surface area contributed by atoms with Crippen LogP contribution >= 0.6 is 15.9 Å². The van der Waals surface area contributed by atoms with E-state index in [1.165, 1.54) is 18.4 Å². The summed E-state index contributed by atoms with van der Waals surface area (Å²) < 4.78 is 1.12. The number of guanidine groups is 1. The molecule has 2 amide bonds. The second-order valence-electron chi connectivity index (χ2n) is 7.23. The molecule has 3 rings (SSSR count). The Morgan fingerprint density at radius 1 is 1.38 bits per heavy atom. The Kier molecular flexibility index (Phi) is 6.06. The van der Waals surface area contributed by atoms with Gasteiger partial charge < -0.3 is 21.3 Å². The molecule has 142 valence electrons. The van der Waals surface area contributed by atoms with Crippen molar-refractivity contribution in [1.82, 2.24) is 15.5 Å². The van der Waals surface area contributed by atoms with Gasteiger partial charge >= 0.3 is 6.03 Å². The topological polar surface area (TPSA) is 82.8 Å². The van der Waals surface area contributed by atoms with E-state index in [-0.39, 0.29) is 11.4 Å². The van der Waals surface area contributed by atoms with Crippen LogP contribution < -0.4 is 16.4 Å². The first-order chi connectivity index (χ1) is 12.5. The van der Waals surface area contributed by atoms with E-state index in [0.717, 1.165) is 36.4 Å². The number of hydrogen-bond donors (Lipinski definition) is 3. The average molecular weight is 422 g/mol. The standard InChI is InChI=1S/C19H28BrN5O/c1-2-22-18(24-16-6-10-25(11-7-16)17(21)26)23-13-19(8-9-19)14-4-3-5-15(20)12-14/h3-5,12,16H,2,6-11,13H2,1H3,(H2,21,26)(H2,22,23,24). The number of hydrogen-bond acceptors (Lipinski definition) is 2. The van der Waals surface area contributed by atoms with E-state index in [1.54, 1.807) is 4.90 Å². The molecule has 1 aliphatic heterocycles. The monoisotopic (exact) mass is 421 g/mol. The van der Waals surface area contributed by atoms with Gasteiger partial charge in [0, 0.05) is 35.6 Å². The molecule has 6 nitrogen and oxygen atoms in total. The number of piperidine rings is 1. The third kappa shape index (κ3) is 4.69. The molecule has 1 saturated carbocycles. The average Bonchev–Trinajstić information content (AvgIpc) is 3.42. The van der Waals surface area contributed by atoms with E-state index in [9.17, 15) is 4.79 Å². The molecule has 2 fully saturated rings. The minimum absolute atomic E-state index is 0.182. The van der Waals surface area contributed by atoms with Gasteiger partial charge in [-0.15, -0.1) is 0 Å².